The van der Waals surface area contributed by atoms with E-state index in [-0.39, 0.29) is 0 Å². The molecule has 0 aromatic heterocycles. The molecular weight excluding hydrogens is 295 g/mol. The maximum absolute atomic E-state index is 12.5. The average Bonchev–Trinajstić information content (AvgIpc) is 2.53. The van der Waals surface area contributed by atoms with Crippen LogP contribution in [-0.2, 0) is 13.6 Å². The Morgan fingerprint density at radius 3 is 2.14 bits per heavy atom. The zero-order chi connectivity index (χ0) is 16.5. The molecule has 4 heteroatoms. The van der Waals surface area contributed by atoms with E-state index in [4.69, 9.17) is 9.05 Å². The lowest BCUT2D eigenvalue weighted by atomic mass is 10.1. The second-order valence-electron chi connectivity index (χ2n) is 5.84. The first kappa shape index (κ1) is 21.9. The molecule has 132 valence electrons. The fraction of sp³-hybridized carbons (Fsp3) is 0.889. The Bertz CT molecular complexity index is 291. The second-order valence-corrected chi connectivity index (χ2v) is 8.03. The van der Waals surface area contributed by atoms with E-state index in [9.17, 15) is 4.57 Å². The Balaban J connectivity index is 3.77. The molecule has 0 spiro atoms. The van der Waals surface area contributed by atoms with E-state index >= 15 is 0 Å². The van der Waals surface area contributed by atoms with E-state index in [1.165, 1.54) is 38.5 Å². The van der Waals surface area contributed by atoms with Crippen LogP contribution in [0.2, 0.25) is 0 Å². The van der Waals surface area contributed by atoms with Crippen LogP contribution in [0.4, 0.5) is 0 Å². The molecule has 0 aromatic carbocycles. The quantitative estimate of drug-likeness (QED) is 0.178. The van der Waals surface area contributed by atoms with E-state index in [0.717, 1.165) is 25.7 Å². The standard InChI is InChI=1S/C18H37O3P/c1-4-7-9-10-11-12-13-14-15-17-21-22(19,18-8-5-2)20-16-6-3/h14-15H,4-13,16-18H2,1-3H3/b15-14+. The van der Waals surface area contributed by atoms with Gasteiger partial charge in [0, 0.05) is 0 Å². The van der Waals surface area contributed by atoms with Crippen molar-refractivity contribution in [2.24, 2.45) is 0 Å². The van der Waals surface area contributed by atoms with Crippen molar-refractivity contribution < 1.29 is 13.6 Å². The highest BCUT2D eigenvalue weighted by atomic mass is 31.2. The Labute approximate surface area is 138 Å². The lowest BCUT2D eigenvalue weighted by Gasteiger charge is -2.17. The predicted octanol–water partition coefficient (Wildman–Crippen LogP) is 6.73. The molecule has 3 nitrogen and oxygen atoms in total. The molecule has 0 saturated carbocycles. The van der Waals surface area contributed by atoms with Crippen LogP contribution in [0.5, 0.6) is 0 Å². The minimum atomic E-state index is -2.88. The fourth-order valence-corrected chi connectivity index (χ4v) is 3.94. The molecule has 0 amide bonds. The van der Waals surface area contributed by atoms with Gasteiger partial charge in [-0.1, -0.05) is 71.4 Å². The minimum Gasteiger partial charge on any atom is -0.309 e. The molecule has 0 bridgehead atoms. The highest BCUT2D eigenvalue weighted by molar-refractivity contribution is 7.53. The molecule has 22 heavy (non-hydrogen) atoms. The Morgan fingerprint density at radius 2 is 1.45 bits per heavy atom. The van der Waals surface area contributed by atoms with E-state index in [2.05, 4.69) is 19.9 Å². The Hall–Kier alpha value is -0.110. The topological polar surface area (TPSA) is 35.5 Å². The summed E-state index contributed by atoms with van der Waals surface area (Å²) in [4.78, 5) is 0. The summed E-state index contributed by atoms with van der Waals surface area (Å²) in [6.45, 7) is 7.27. The molecule has 0 aromatic rings. The normalized spacial score (nSPS) is 14.5. The fourth-order valence-electron chi connectivity index (χ4n) is 2.13. The second kappa shape index (κ2) is 15.8. The van der Waals surface area contributed by atoms with Crippen LogP contribution >= 0.6 is 7.60 Å². The van der Waals surface area contributed by atoms with Gasteiger partial charge in [-0.15, -0.1) is 0 Å². The monoisotopic (exact) mass is 332 g/mol. The van der Waals surface area contributed by atoms with Crippen molar-refractivity contribution in [3.63, 3.8) is 0 Å². The highest BCUT2D eigenvalue weighted by Gasteiger charge is 2.22. The summed E-state index contributed by atoms with van der Waals surface area (Å²) < 4.78 is 23.5. The molecule has 0 aliphatic carbocycles. The van der Waals surface area contributed by atoms with Crippen LogP contribution in [-0.4, -0.2) is 19.4 Å². The molecule has 0 saturated heterocycles. The average molecular weight is 332 g/mol. The first-order valence-corrected chi connectivity index (χ1v) is 10.9. The van der Waals surface area contributed by atoms with Crippen molar-refractivity contribution in [2.45, 2.75) is 85.0 Å². The smallest absolute Gasteiger partial charge is 0.309 e. The van der Waals surface area contributed by atoms with Crippen LogP contribution in [0.1, 0.15) is 85.0 Å². The third kappa shape index (κ3) is 13.5. The SMILES string of the molecule is CCCCCCCC/C=C/COP(=O)(CCCC)OCCC. The molecular formula is C18H37O3P. The largest absolute Gasteiger partial charge is 0.330 e. The zero-order valence-electron chi connectivity index (χ0n) is 15.0. The van der Waals surface area contributed by atoms with Gasteiger partial charge in [-0.05, 0) is 25.7 Å². The number of allylic oxidation sites excluding steroid dienone is 1. The van der Waals surface area contributed by atoms with Crippen molar-refractivity contribution in [2.75, 3.05) is 19.4 Å². The number of unbranched alkanes of at least 4 members (excludes halogenated alkanes) is 7. The molecule has 0 heterocycles. The van der Waals surface area contributed by atoms with Gasteiger partial charge in [-0.25, -0.2) is 0 Å². The van der Waals surface area contributed by atoms with E-state index < -0.39 is 7.60 Å². The number of hydrogen-bond donors (Lipinski definition) is 0. The summed E-state index contributed by atoms with van der Waals surface area (Å²) >= 11 is 0. The van der Waals surface area contributed by atoms with Crippen LogP contribution in [0.3, 0.4) is 0 Å². The van der Waals surface area contributed by atoms with Crippen molar-refractivity contribution >= 4 is 7.60 Å². The summed E-state index contributed by atoms with van der Waals surface area (Å²) in [6, 6.07) is 0. The maximum Gasteiger partial charge on any atom is 0.330 e. The summed E-state index contributed by atoms with van der Waals surface area (Å²) in [5.41, 5.74) is 0. The van der Waals surface area contributed by atoms with Gasteiger partial charge in [0.15, 0.2) is 0 Å². The van der Waals surface area contributed by atoms with Gasteiger partial charge in [-0.3, -0.25) is 4.57 Å². The predicted molar refractivity (Wildman–Crippen MR) is 96.7 cm³/mol. The van der Waals surface area contributed by atoms with Crippen LogP contribution < -0.4 is 0 Å². The maximum atomic E-state index is 12.5. The summed E-state index contributed by atoms with van der Waals surface area (Å²) in [5.74, 6) is 0. The summed E-state index contributed by atoms with van der Waals surface area (Å²) in [7, 11) is -2.88. The third-order valence-corrected chi connectivity index (χ3v) is 5.52. The van der Waals surface area contributed by atoms with Gasteiger partial charge >= 0.3 is 7.60 Å². The molecule has 1 atom stereocenters. The molecule has 0 fully saturated rings. The van der Waals surface area contributed by atoms with Crippen molar-refractivity contribution in [1.29, 1.82) is 0 Å². The van der Waals surface area contributed by atoms with Gasteiger partial charge in [0.1, 0.15) is 0 Å². The third-order valence-electron chi connectivity index (χ3n) is 3.54. The lowest BCUT2D eigenvalue weighted by molar-refractivity contribution is 0.218. The molecule has 0 rings (SSSR count). The van der Waals surface area contributed by atoms with Crippen molar-refractivity contribution in [1.82, 2.24) is 0 Å². The van der Waals surface area contributed by atoms with Gasteiger partial charge in [0.2, 0.25) is 0 Å². The number of hydrogen-bond acceptors (Lipinski definition) is 3. The molecule has 0 aliphatic rings. The first-order chi connectivity index (χ1) is 10.7. The Kier molecular flexibility index (Phi) is 15.7. The van der Waals surface area contributed by atoms with E-state index in [1.54, 1.807) is 0 Å². The van der Waals surface area contributed by atoms with E-state index in [0.29, 0.717) is 19.4 Å². The van der Waals surface area contributed by atoms with Crippen molar-refractivity contribution in [3.8, 4) is 0 Å². The van der Waals surface area contributed by atoms with Gasteiger partial charge in [-0.2, -0.15) is 0 Å². The molecule has 0 N–H and O–H groups in total. The zero-order valence-corrected chi connectivity index (χ0v) is 15.9. The minimum absolute atomic E-state index is 0.403. The van der Waals surface area contributed by atoms with Crippen LogP contribution in [0.25, 0.3) is 0 Å². The summed E-state index contributed by atoms with van der Waals surface area (Å²) in [6.07, 6.45) is 16.4. The van der Waals surface area contributed by atoms with Crippen molar-refractivity contribution in [3.05, 3.63) is 12.2 Å². The highest BCUT2D eigenvalue weighted by Crippen LogP contribution is 2.49. The van der Waals surface area contributed by atoms with Gasteiger partial charge in [0.25, 0.3) is 0 Å². The lowest BCUT2D eigenvalue weighted by Crippen LogP contribution is -2.01. The van der Waals surface area contributed by atoms with E-state index in [1.807, 2.05) is 13.0 Å². The summed E-state index contributed by atoms with van der Waals surface area (Å²) in [5, 5.41) is 0. The van der Waals surface area contributed by atoms with Gasteiger partial charge < -0.3 is 9.05 Å². The number of rotatable bonds is 16. The molecule has 0 aliphatic heterocycles. The first-order valence-electron chi connectivity index (χ1n) is 9.21. The molecule has 0 radical (unpaired) electrons. The van der Waals surface area contributed by atoms with Crippen LogP contribution in [0.15, 0.2) is 12.2 Å². The molecule has 1 unspecified atom stereocenters. The van der Waals surface area contributed by atoms with Crippen LogP contribution in [0, 0.1) is 0 Å². The Morgan fingerprint density at radius 1 is 0.773 bits per heavy atom. The van der Waals surface area contributed by atoms with Gasteiger partial charge in [0.05, 0.1) is 19.4 Å².